The summed E-state index contributed by atoms with van der Waals surface area (Å²) in [5.74, 6) is 0.872. The van der Waals surface area contributed by atoms with Crippen molar-refractivity contribution in [1.82, 2.24) is 4.90 Å². The van der Waals surface area contributed by atoms with E-state index in [0.29, 0.717) is 13.1 Å². The highest BCUT2D eigenvalue weighted by Crippen LogP contribution is 2.16. The van der Waals surface area contributed by atoms with Gasteiger partial charge < -0.3 is 25.2 Å². The van der Waals surface area contributed by atoms with Crippen molar-refractivity contribution in [3.63, 3.8) is 0 Å². The van der Waals surface area contributed by atoms with Gasteiger partial charge in [0.2, 0.25) is 0 Å². The standard InChI is InChI=1S/C33H68O2.C10H23NO3.C2H6S/c1-4-5-6-7-8-9-10-11-12-16-19-22-25-28-31-35-33(34)30-27-24-21-18-15-13-14-17-20-23-26-29-32(2)3;12-8-4-2-1-3-5-11(6-9-13)7-10-14;1-3-2/h32-34H,4-31H2,1-3H3;12-14H,1-10H2;1-2H3. The van der Waals surface area contributed by atoms with Gasteiger partial charge in [0.1, 0.15) is 0 Å². The molecule has 0 amide bonds. The molecule has 0 aromatic rings. The second-order valence-corrected chi connectivity index (χ2v) is 16.4. The van der Waals surface area contributed by atoms with Crippen molar-refractivity contribution in [2.45, 2.75) is 226 Å². The lowest BCUT2D eigenvalue weighted by Crippen LogP contribution is -2.30. The molecule has 1 unspecified atom stereocenters. The van der Waals surface area contributed by atoms with Crippen LogP contribution >= 0.6 is 11.8 Å². The summed E-state index contributed by atoms with van der Waals surface area (Å²) >= 11 is 1.75. The number of aliphatic hydroxyl groups is 4. The van der Waals surface area contributed by atoms with Gasteiger partial charge in [0.25, 0.3) is 0 Å². The maximum atomic E-state index is 10.0. The topological polar surface area (TPSA) is 93.4 Å². The average molecular weight is 764 g/mol. The normalized spacial score (nSPS) is 11.8. The van der Waals surface area contributed by atoms with E-state index in [0.717, 1.165) is 64.0 Å². The molecule has 0 fully saturated rings. The molecule has 0 aliphatic heterocycles. The van der Waals surface area contributed by atoms with Crippen molar-refractivity contribution in [3.8, 4) is 0 Å². The molecule has 0 spiro atoms. The molecule has 0 aromatic carbocycles. The van der Waals surface area contributed by atoms with Gasteiger partial charge in [0.15, 0.2) is 6.29 Å². The maximum Gasteiger partial charge on any atom is 0.154 e. The Morgan fingerprint density at radius 3 is 1.17 bits per heavy atom. The van der Waals surface area contributed by atoms with Crippen molar-refractivity contribution in [1.29, 1.82) is 0 Å². The van der Waals surface area contributed by atoms with Gasteiger partial charge in [0.05, 0.1) is 13.2 Å². The molecule has 1 atom stereocenters. The van der Waals surface area contributed by atoms with Gasteiger partial charge in [0, 0.05) is 26.3 Å². The van der Waals surface area contributed by atoms with Gasteiger partial charge in [-0.2, -0.15) is 11.8 Å². The van der Waals surface area contributed by atoms with E-state index < -0.39 is 6.29 Å². The van der Waals surface area contributed by atoms with Crippen LogP contribution in [0, 0.1) is 5.92 Å². The lowest BCUT2D eigenvalue weighted by Gasteiger charge is -2.19. The van der Waals surface area contributed by atoms with E-state index in [4.69, 9.17) is 20.1 Å². The molecule has 6 nitrogen and oxygen atoms in total. The van der Waals surface area contributed by atoms with Crippen LogP contribution in [0.3, 0.4) is 0 Å². The molecule has 7 heteroatoms. The molecule has 0 saturated heterocycles. The zero-order valence-corrected chi connectivity index (χ0v) is 36.9. The van der Waals surface area contributed by atoms with Crippen molar-refractivity contribution in [2.24, 2.45) is 5.92 Å². The molecule has 0 aliphatic rings. The Kier molecular flexibility index (Phi) is 57.8. The molecule has 0 heterocycles. The molecule has 52 heavy (non-hydrogen) atoms. The Labute approximate surface area is 331 Å². The molecule has 0 bridgehead atoms. The van der Waals surface area contributed by atoms with Crippen molar-refractivity contribution >= 4 is 11.8 Å². The number of hydrogen-bond acceptors (Lipinski definition) is 7. The number of unbranched alkanes of at least 4 members (excludes halogenated alkanes) is 26. The lowest BCUT2D eigenvalue weighted by molar-refractivity contribution is -0.105. The van der Waals surface area contributed by atoms with Crippen molar-refractivity contribution < 1.29 is 25.2 Å². The third kappa shape index (κ3) is 56.8. The Balaban J connectivity index is -0.00000117. The molecule has 0 radical (unpaired) electrons. The molecular weight excluding hydrogens is 667 g/mol. The van der Waals surface area contributed by atoms with E-state index in [9.17, 15) is 5.11 Å². The summed E-state index contributed by atoms with van der Waals surface area (Å²) in [4.78, 5) is 2.05. The highest BCUT2D eigenvalue weighted by Gasteiger charge is 2.04. The maximum absolute atomic E-state index is 10.0. The summed E-state index contributed by atoms with van der Waals surface area (Å²) in [5.41, 5.74) is 0. The third-order valence-corrected chi connectivity index (χ3v) is 9.76. The fourth-order valence-electron chi connectivity index (χ4n) is 6.48. The molecule has 0 rings (SSSR count). The van der Waals surface area contributed by atoms with Crippen molar-refractivity contribution in [3.05, 3.63) is 0 Å². The van der Waals surface area contributed by atoms with Crippen LogP contribution in [0.2, 0.25) is 0 Å². The Morgan fingerprint density at radius 1 is 0.442 bits per heavy atom. The Bertz CT molecular complexity index is 580. The summed E-state index contributed by atoms with van der Waals surface area (Å²) in [7, 11) is 0. The van der Waals surface area contributed by atoms with Gasteiger partial charge in [-0.25, -0.2) is 0 Å². The summed E-state index contributed by atoms with van der Waals surface area (Å²) in [6, 6.07) is 0. The van der Waals surface area contributed by atoms with Crippen LogP contribution < -0.4 is 0 Å². The monoisotopic (exact) mass is 764 g/mol. The van der Waals surface area contributed by atoms with Crippen LogP contribution in [0.25, 0.3) is 0 Å². The number of thioether (sulfide) groups is 1. The largest absolute Gasteiger partial charge is 0.396 e. The fraction of sp³-hybridized carbons (Fsp3) is 1.00. The van der Waals surface area contributed by atoms with E-state index >= 15 is 0 Å². The summed E-state index contributed by atoms with van der Waals surface area (Å²) in [6.07, 6.45) is 44.2. The van der Waals surface area contributed by atoms with Gasteiger partial charge in [-0.1, -0.05) is 188 Å². The number of nitrogens with zero attached hydrogens (tertiary/aromatic N) is 1. The summed E-state index contributed by atoms with van der Waals surface area (Å²) in [6.45, 7) is 10.5. The SMILES string of the molecule is CCCCCCCCCCCCCCCCOC(O)CCCCCCCCCCCCCC(C)C.CSC.OCCCCCCN(CCO)CCO. The minimum absolute atomic E-state index is 0.149. The zero-order valence-electron chi connectivity index (χ0n) is 36.1. The fourth-order valence-corrected chi connectivity index (χ4v) is 6.48. The molecule has 318 valence electrons. The zero-order chi connectivity index (χ0) is 39.0. The molecular formula is C45H97NO5S. The van der Waals surface area contributed by atoms with Crippen LogP contribution in [-0.4, -0.2) is 90.2 Å². The van der Waals surface area contributed by atoms with Gasteiger partial charge in [-0.3, -0.25) is 4.90 Å². The Hall–Kier alpha value is 0.110. The van der Waals surface area contributed by atoms with E-state index in [1.165, 1.54) is 154 Å². The van der Waals surface area contributed by atoms with Crippen LogP contribution in [0.5, 0.6) is 0 Å². The van der Waals surface area contributed by atoms with E-state index in [1.54, 1.807) is 11.8 Å². The van der Waals surface area contributed by atoms with Gasteiger partial charge >= 0.3 is 0 Å². The smallest absolute Gasteiger partial charge is 0.154 e. The van der Waals surface area contributed by atoms with Gasteiger partial charge in [-0.15, -0.1) is 0 Å². The number of rotatable bonds is 40. The number of hydrogen-bond donors (Lipinski definition) is 4. The van der Waals surface area contributed by atoms with Crippen LogP contribution in [-0.2, 0) is 4.74 Å². The van der Waals surface area contributed by atoms with Crippen LogP contribution in [0.4, 0.5) is 0 Å². The van der Waals surface area contributed by atoms with Crippen LogP contribution in [0.1, 0.15) is 220 Å². The van der Waals surface area contributed by atoms with E-state index in [-0.39, 0.29) is 19.8 Å². The minimum Gasteiger partial charge on any atom is -0.396 e. The number of aliphatic hydroxyl groups excluding tert-OH is 4. The molecule has 0 aliphatic carbocycles. The first-order chi connectivity index (χ1) is 25.4. The lowest BCUT2D eigenvalue weighted by atomic mass is 10.0. The number of ether oxygens (including phenoxy) is 1. The predicted octanol–water partition coefficient (Wildman–Crippen LogP) is 12.3. The first-order valence-electron chi connectivity index (χ1n) is 22.7. The first kappa shape index (κ1) is 56.4. The Morgan fingerprint density at radius 2 is 0.788 bits per heavy atom. The van der Waals surface area contributed by atoms with Crippen molar-refractivity contribution in [2.75, 3.05) is 58.6 Å². The second kappa shape index (κ2) is 53.2. The average Bonchev–Trinajstić information content (AvgIpc) is 3.12. The molecule has 4 N–H and O–H groups in total. The van der Waals surface area contributed by atoms with Crippen LogP contribution in [0.15, 0.2) is 0 Å². The van der Waals surface area contributed by atoms with E-state index in [1.807, 2.05) is 12.5 Å². The summed E-state index contributed by atoms with van der Waals surface area (Å²) in [5, 5.41) is 36.1. The highest BCUT2D eigenvalue weighted by atomic mass is 32.2. The minimum atomic E-state index is -0.535. The second-order valence-electron chi connectivity index (χ2n) is 15.6. The first-order valence-corrected chi connectivity index (χ1v) is 24.3. The predicted molar refractivity (Wildman–Crippen MR) is 233 cm³/mol. The van der Waals surface area contributed by atoms with E-state index in [2.05, 4.69) is 25.7 Å². The quantitative estimate of drug-likeness (QED) is 0.0365. The molecule has 0 saturated carbocycles. The summed E-state index contributed by atoms with van der Waals surface area (Å²) < 4.78 is 5.62. The molecule has 0 aromatic heterocycles. The van der Waals surface area contributed by atoms with Gasteiger partial charge in [-0.05, 0) is 57.1 Å². The third-order valence-electron chi connectivity index (χ3n) is 9.76. The highest BCUT2D eigenvalue weighted by molar-refractivity contribution is 7.97.